The second-order valence-corrected chi connectivity index (χ2v) is 5.46. The predicted octanol–water partition coefficient (Wildman–Crippen LogP) is 1.65. The molecular formula is C12H18N4OS. The molecule has 1 aromatic heterocycles. The lowest BCUT2D eigenvalue weighted by Gasteiger charge is -2.13. The molecule has 1 unspecified atom stereocenters. The fraction of sp³-hybridized carbons (Fsp3) is 0.583. The van der Waals surface area contributed by atoms with E-state index in [9.17, 15) is 0 Å². The molecule has 1 atom stereocenters. The van der Waals surface area contributed by atoms with E-state index in [2.05, 4.69) is 10.2 Å². The number of aromatic nitrogens is 2. The molecule has 1 saturated heterocycles. The molecule has 0 aliphatic carbocycles. The third-order valence-electron chi connectivity index (χ3n) is 3.12. The van der Waals surface area contributed by atoms with Crippen LogP contribution in [0.1, 0.15) is 29.7 Å². The molecule has 3 N–H and O–H groups in total. The van der Waals surface area contributed by atoms with Gasteiger partial charge in [0.2, 0.25) is 0 Å². The zero-order valence-corrected chi connectivity index (χ0v) is 11.5. The van der Waals surface area contributed by atoms with Crippen LogP contribution < -0.4 is 5.73 Å². The molecule has 0 aromatic carbocycles. The topological polar surface area (TPSA) is 84.9 Å². The molecule has 0 amide bonds. The highest BCUT2D eigenvalue weighted by Crippen LogP contribution is 2.26. The maximum absolute atomic E-state index is 7.67. The number of ether oxygens (including phenoxy) is 1. The van der Waals surface area contributed by atoms with Crippen molar-refractivity contribution in [2.24, 2.45) is 5.73 Å². The highest BCUT2D eigenvalue weighted by Gasteiger charge is 2.19. The highest BCUT2D eigenvalue weighted by molar-refractivity contribution is 7.99. The first-order valence-electron chi connectivity index (χ1n) is 6.02. The van der Waals surface area contributed by atoms with Crippen LogP contribution in [-0.4, -0.2) is 34.5 Å². The quantitative estimate of drug-likeness (QED) is 0.492. The Kier molecular flexibility index (Phi) is 4.19. The lowest BCUT2D eigenvalue weighted by molar-refractivity contribution is 0.129. The maximum atomic E-state index is 7.67. The SMILES string of the molecule is Cc1nnc(SCC2CCCO2)c(C(=N)N)c1C. The zero-order valence-electron chi connectivity index (χ0n) is 10.7. The summed E-state index contributed by atoms with van der Waals surface area (Å²) in [5.74, 6) is 0.901. The molecule has 2 rings (SSSR count). The van der Waals surface area contributed by atoms with Gasteiger partial charge in [0.1, 0.15) is 10.9 Å². The van der Waals surface area contributed by atoms with Gasteiger partial charge in [0, 0.05) is 12.4 Å². The summed E-state index contributed by atoms with van der Waals surface area (Å²) in [6, 6.07) is 0. The molecule has 1 aliphatic rings. The van der Waals surface area contributed by atoms with Crippen LogP contribution in [0, 0.1) is 19.3 Å². The lowest BCUT2D eigenvalue weighted by atomic mass is 10.1. The first kappa shape index (κ1) is 13.3. The van der Waals surface area contributed by atoms with Crippen molar-refractivity contribution in [3.05, 3.63) is 16.8 Å². The molecule has 0 saturated carbocycles. The van der Waals surface area contributed by atoms with Gasteiger partial charge in [-0.05, 0) is 32.3 Å². The van der Waals surface area contributed by atoms with Gasteiger partial charge in [0.25, 0.3) is 0 Å². The lowest BCUT2D eigenvalue weighted by Crippen LogP contribution is -2.18. The van der Waals surface area contributed by atoms with Gasteiger partial charge in [-0.3, -0.25) is 5.41 Å². The number of nitrogens with zero attached hydrogens (tertiary/aromatic N) is 2. The van der Waals surface area contributed by atoms with E-state index >= 15 is 0 Å². The van der Waals surface area contributed by atoms with E-state index < -0.39 is 0 Å². The first-order valence-corrected chi connectivity index (χ1v) is 7.01. The Morgan fingerprint density at radius 2 is 2.28 bits per heavy atom. The minimum absolute atomic E-state index is 0.0559. The van der Waals surface area contributed by atoms with Crippen LogP contribution in [0.2, 0.25) is 0 Å². The van der Waals surface area contributed by atoms with Gasteiger partial charge in [-0.2, -0.15) is 5.10 Å². The van der Waals surface area contributed by atoms with Crippen molar-refractivity contribution >= 4 is 17.6 Å². The van der Waals surface area contributed by atoms with E-state index in [-0.39, 0.29) is 5.84 Å². The molecule has 1 aromatic rings. The fourth-order valence-electron chi connectivity index (χ4n) is 1.95. The van der Waals surface area contributed by atoms with Crippen LogP contribution in [-0.2, 0) is 4.74 Å². The average Bonchev–Trinajstić information content (AvgIpc) is 2.83. The summed E-state index contributed by atoms with van der Waals surface area (Å²) in [4.78, 5) is 0. The van der Waals surface area contributed by atoms with Gasteiger partial charge in [-0.1, -0.05) is 0 Å². The van der Waals surface area contributed by atoms with Gasteiger partial charge in [0.15, 0.2) is 0 Å². The van der Waals surface area contributed by atoms with Crippen molar-refractivity contribution < 1.29 is 4.74 Å². The van der Waals surface area contributed by atoms with Gasteiger partial charge in [-0.25, -0.2) is 0 Å². The third-order valence-corrected chi connectivity index (χ3v) is 4.22. The molecule has 6 heteroatoms. The fourth-order valence-corrected chi connectivity index (χ4v) is 3.07. The molecule has 0 radical (unpaired) electrons. The molecular weight excluding hydrogens is 248 g/mol. The standard InChI is InChI=1S/C12H18N4OS/c1-7-8(2)15-16-12(10(7)11(13)14)18-6-9-4-3-5-17-9/h9H,3-6H2,1-2H3,(H3,13,14). The summed E-state index contributed by atoms with van der Waals surface area (Å²) in [5.41, 5.74) is 8.11. The number of nitrogens with one attached hydrogen (secondary N) is 1. The summed E-state index contributed by atoms with van der Waals surface area (Å²) in [5, 5.41) is 16.7. The van der Waals surface area contributed by atoms with Crippen LogP contribution in [0.25, 0.3) is 0 Å². The largest absolute Gasteiger partial charge is 0.384 e. The Labute approximate surface area is 111 Å². The molecule has 2 heterocycles. The Morgan fingerprint density at radius 3 is 2.89 bits per heavy atom. The summed E-state index contributed by atoms with van der Waals surface area (Å²) in [7, 11) is 0. The molecule has 98 valence electrons. The number of rotatable bonds is 4. The average molecular weight is 266 g/mol. The second-order valence-electron chi connectivity index (χ2n) is 4.45. The van der Waals surface area contributed by atoms with E-state index in [0.29, 0.717) is 11.7 Å². The summed E-state index contributed by atoms with van der Waals surface area (Å²) >= 11 is 1.58. The van der Waals surface area contributed by atoms with Crippen molar-refractivity contribution in [3.63, 3.8) is 0 Å². The molecule has 5 nitrogen and oxygen atoms in total. The van der Waals surface area contributed by atoms with E-state index in [1.165, 1.54) is 0 Å². The van der Waals surface area contributed by atoms with Gasteiger partial charge in [0.05, 0.1) is 17.4 Å². The van der Waals surface area contributed by atoms with Crippen molar-refractivity contribution in [2.75, 3.05) is 12.4 Å². The summed E-state index contributed by atoms with van der Waals surface area (Å²) in [6.45, 7) is 4.66. The zero-order chi connectivity index (χ0) is 13.1. The smallest absolute Gasteiger partial charge is 0.130 e. The normalized spacial score (nSPS) is 19.1. The predicted molar refractivity (Wildman–Crippen MR) is 72.2 cm³/mol. The molecule has 1 aliphatic heterocycles. The number of hydrogen-bond donors (Lipinski definition) is 2. The molecule has 0 bridgehead atoms. The van der Waals surface area contributed by atoms with E-state index in [4.69, 9.17) is 15.9 Å². The van der Waals surface area contributed by atoms with Gasteiger partial charge >= 0.3 is 0 Å². The van der Waals surface area contributed by atoms with Crippen LogP contribution in [0.5, 0.6) is 0 Å². The van der Waals surface area contributed by atoms with Crippen LogP contribution in [0.15, 0.2) is 5.03 Å². The number of aryl methyl sites for hydroxylation is 1. The third kappa shape index (κ3) is 2.81. The summed E-state index contributed by atoms with van der Waals surface area (Å²) < 4.78 is 5.58. The maximum Gasteiger partial charge on any atom is 0.130 e. The first-order chi connectivity index (χ1) is 8.59. The second kappa shape index (κ2) is 5.67. The molecule has 0 spiro atoms. The van der Waals surface area contributed by atoms with Crippen molar-refractivity contribution in [1.29, 1.82) is 5.41 Å². The van der Waals surface area contributed by atoms with E-state index in [1.807, 2.05) is 13.8 Å². The van der Waals surface area contributed by atoms with Crippen molar-refractivity contribution in [3.8, 4) is 0 Å². The Bertz CT molecular complexity index is 458. The number of nitrogen functional groups attached to an aromatic ring is 1. The van der Waals surface area contributed by atoms with Crippen molar-refractivity contribution in [2.45, 2.75) is 37.8 Å². The Morgan fingerprint density at radius 1 is 1.50 bits per heavy atom. The Hall–Kier alpha value is -1.14. The van der Waals surface area contributed by atoms with E-state index in [0.717, 1.165) is 41.5 Å². The number of hydrogen-bond acceptors (Lipinski definition) is 5. The number of amidine groups is 1. The van der Waals surface area contributed by atoms with E-state index in [1.54, 1.807) is 11.8 Å². The molecule has 1 fully saturated rings. The minimum atomic E-state index is 0.0559. The highest BCUT2D eigenvalue weighted by atomic mass is 32.2. The number of thioether (sulfide) groups is 1. The monoisotopic (exact) mass is 266 g/mol. The minimum Gasteiger partial charge on any atom is -0.384 e. The van der Waals surface area contributed by atoms with Crippen molar-refractivity contribution in [1.82, 2.24) is 10.2 Å². The van der Waals surface area contributed by atoms with Crippen LogP contribution >= 0.6 is 11.8 Å². The molecule has 18 heavy (non-hydrogen) atoms. The number of nitrogens with two attached hydrogens (primary N) is 1. The van der Waals surface area contributed by atoms with Crippen LogP contribution in [0.4, 0.5) is 0 Å². The van der Waals surface area contributed by atoms with Crippen LogP contribution in [0.3, 0.4) is 0 Å². The van der Waals surface area contributed by atoms with Gasteiger partial charge in [-0.15, -0.1) is 16.9 Å². The van der Waals surface area contributed by atoms with Gasteiger partial charge < -0.3 is 10.5 Å². The summed E-state index contributed by atoms with van der Waals surface area (Å²) in [6.07, 6.45) is 2.52. The Balaban J connectivity index is 2.16.